The fourth-order valence-electron chi connectivity index (χ4n) is 3.43. The van der Waals surface area contributed by atoms with Gasteiger partial charge in [-0.15, -0.1) is 0 Å². The molecular weight excluding hydrogens is 445 g/mol. The Kier molecular flexibility index (Phi) is 6.16. The van der Waals surface area contributed by atoms with E-state index < -0.39 is 42.4 Å². The summed E-state index contributed by atoms with van der Waals surface area (Å²) in [5.41, 5.74) is 1.46. The zero-order chi connectivity index (χ0) is 23.1. The van der Waals surface area contributed by atoms with Gasteiger partial charge in [-0.3, -0.25) is 19.3 Å². The third-order valence-corrected chi connectivity index (χ3v) is 5.73. The first kappa shape index (κ1) is 22.8. The van der Waals surface area contributed by atoms with Crippen molar-refractivity contribution in [3.63, 3.8) is 0 Å². The van der Waals surface area contributed by atoms with Crippen LogP contribution in [0.25, 0.3) is 5.69 Å². The van der Waals surface area contributed by atoms with Crippen molar-refractivity contribution >= 4 is 46.9 Å². The van der Waals surface area contributed by atoms with Gasteiger partial charge in [0.15, 0.2) is 6.61 Å². The normalized spacial score (nSPS) is 15.2. The molecule has 1 aliphatic heterocycles. The quantitative estimate of drug-likeness (QED) is 0.400. The number of amides is 3. The van der Waals surface area contributed by atoms with Crippen LogP contribution in [0.5, 0.6) is 0 Å². The number of halogens is 2. The number of carbonyl (C=O) groups excluding carboxylic acids is 4. The first-order valence-corrected chi connectivity index (χ1v) is 10.1. The second-order valence-corrected chi connectivity index (χ2v) is 8.56. The molecule has 1 aromatic carbocycles. The highest BCUT2D eigenvalue weighted by molar-refractivity contribution is 6.42. The van der Waals surface area contributed by atoms with Gasteiger partial charge in [0.05, 0.1) is 10.0 Å². The van der Waals surface area contributed by atoms with E-state index in [0.717, 1.165) is 16.3 Å². The molecule has 1 fully saturated rings. The van der Waals surface area contributed by atoms with E-state index >= 15 is 0 Å². The van der Waals surface area contributed by atoms with Gasteiger partial charge in [0, 0.05) is 22.6 Å². The highest BCUT2D eigenvalue weighted by Gasteiger charge is 2.45. The molecule has 1 aliphatic rings. The molecule has 164 valence electrons. The lowest BCUT2D eigenvalue weighted by Gasteiger charge is -2.15. The van der Waals surface area contributed by atoms with Crippen LogP contribution in [0, 0.1) is 13.8 Å². The second kappa shape index (κ2) is 8.36. The van der Waals surface area contributed by atoms with E-state index in [1.807, 2.05) is 11.5 Å². The number of aryl methyl sites for hydroxylation is 1. The second-order valence-electron chi connectivity index (χ2n) is 7.75. The van der Waals surface area contributed by atoms with Crippen molar-refractivity contribution in [3.05, 3.63) is 51.3 Å². The molecule has 1 N–H and O–H groups in total. The first-order valence-electron chi connectivity index (χ1n) is 9.39. The summed E-state index contributed by atoms with van der Waals surface area (Å²) >= 11 is 12.1. The van der Waals surface area contributed by atoms with E-state index in [9.17, 15) is 19.2 Å². The molecule has 2 heterocycles. The zero-order valence-electron chi connectivity index (χ0n) is 17.4. The van der Waals surface area contributed by atoms with Crippen LogP contribution < -0.4 is 5.32 Å². The van der Waals surface area contributed by atoms with E-state index in [1.54, 1.807) is 31.2 Å². The van der Waals surface area contributed by atoms with Crippen LogP contribution in [0.15, 0.2) is 24.3 Å². The summed E-state index contributed by atoms with van der Waals surface area (Å²) < 4.78 is 6.86. The molecule has 3 rings (SSSR count). The highest BCUT2D eigenvalue weighted by atomic mass is 35.5. The van der Waals surface area contributed by atoms with Gasteiger partial charge in [0.25, 0.3) is 5.91 Å². The van der Waals surface area contributed by atoms with Crippen molar-refractivity contribution in [2.75, 3.05) is 13.2 Å². The molecule has 8 nitrogen and oxygen atoms in total. The van der Waals surface area contributed by atoms with Crippen LogP contribution >= 0.6 is 23.2 Å². The van der Waals surface area contributed by atoms with Crippen molar-refractivity contribution in [1.82, 2.24) is 14.8 Å². The number of ketones is 1. The smallest absolute Gasteiger partial charge is 0.326 e. The number of ether oxygens (including phenoxy) is 1. The lowest BCUT2D eigenvalue weighted by Crippen LogP contribution is -2.41. The van der Waals surface area contributed by atoms with Crippen molar-refractivity contribution < 1.29 is 23.9 Å². The number of Topliss-reactive ketones (excluding diaryl/α,β-unsaturated/α-hetero) is 1. The van der Waals surface area contributed by atoms with Crippen molar-refractivity contribution in [2.24, 2.45) is 0 Å². The van der Waals surface area contributed by atoms with Crippen LogP contribution in [0.2, 0.25) is 10.0 Å². The van der Waals surface area contributed by atoms with Crippen LogP contribution in [-0.2, 0) is 14.3 Å². The van der Waals surface area contributed by atoms with Crippen LogP contribution in [-0.4, -0.2) is 51.8 Å². The molecule has 1 saturated heterocycles. The Hall–Kier alpha value is -2.84. The molecular formula is C21H21Cl2N3O5. The fraction of sp³-hybridized carbons (Fsp3) is 0.333. The predicted molar refractivity (Wildman–Crippen MR) is 115 cm³/mol. The summed E-state index contributed by atoms with van der Waals surface area (Å²) in [6.07, 6.45) is 0. The van der Waals surface area contributed by atoms with Gasteiger partial charge in [0.2, 0.25) is 5.78 Å². The maximum Gasteiger partial charge on any atom is 0.326 e. The molecule has 0 bridgehead atoms. The monoisotopic (exact) mass is 465 g/mol. The Morgan fingerprint density at radius 2 is 1.77 bits per heavy atom. The molecule has 1 aromatic heterocycles. The Balaban J connectivity index is 1.69. The van der Waals surface area contributed by atoms with E-state index in [4.69, 9.17) is 27.9 Å². The average molecular weight is 466 g/mol. The topological polar surface area (TPSA) is 97.7 Å². The Morgan fingerprint density at radius 3 is 2.35 bits per heavy atom. The van der Waals surface area contributed by atoms with Crippen molar-refractivity contribution in [1.29, 1.82) is 0 Å². The van der Waals surface area contributed by atoms with Crippen molar-refractivity contribution in [3.8, 4) is 5.69 Å². The number of esters is 1. The minimum atomic E-state index is -1.09. The Bertz CT molecular complexity index is 1110. The maximum atomic E-state index is 12.7. The lowest BCUT2D eigenvalue weighted by molar-refractivity contribution is -0.146. The van der Waals surface area contributed by atoms with E-state index in [0.29, 0.717) is 21.3 Å². The number of hydrogen-bond donors (Lipinski definition) is 1. The van der Waals surface area contributed by atoms with Crippen LogP contribution in [0.3, 0.4) is 0 Å². The maximum absolute atomic E-state index is 12.7. The minimum absolute atomic E-state index is 0.382. The van der Waals surface area contributed by atoms with Gasteiger partial charge >= 0.3 is 12.0 Å². The standard InChI is InChI=1S/C21H21Cl2N3O5/c1-11-7-14(12(2)26(11)13-5-6-15(22)16(23)8-13)17(27)10-31-18(28)9-25-19(29)21(3,4)24-20(25)30/h5-8H,9-10H2,1-4H3,(H,24,30). The predicted octanol–water partition coefficient (Wildman–Crippen LogP) is 3.46. The molecule has 0 atom stereocenters. The summed E-state index contributed by atoms with van der Waals surface area (Å²) in [5.74, 6) is -1.80. The molecule has 0 radical (unpaired) electrons. The lowest BCUT2D eigenvalue weighted by atomic mass is 10.1. The molecule has 31 heavy (non-hydrogen) atoms. The largest absolute Gasteiger partial charge is 0.456 e. The molecule has 0 saturated carbocycles. The third-order valence-electron chi connectivity index (χ3n) is 4.99. The molecule has 10 heteroatoms. The number of nitrogens with one attached hydrogen (secondary N) is 1. The number of nitrogens with zero attached hydrogens (tertiary/aromatic N) is 2. The van der Waals surface area contributed by atoms with E-state index in [-0.39, 0.29) is 0 Å². The third kappa shape index (κ3) is 4.45. The van der Waals surface area contributed by atoms with Gasteiger partial charge in [-0.05, 0) is 52.0 Å². The number of imide groups is 1. The zero-order valence-corrected chi connectivity index (χ0v) is 18.9. The summed E-state index contributed by atoms with van der Waals surface area (Å²) in [4.78, 5) is 49.5. The van der Waals surface area contributed by atoms with Gasteiger partial charge < -0.3 is 14.6 Å². The minimum Gasteiger partial charge on any atom is -0.456 e. The number of carbonyl (C=O) groups is 4. The number of benzene rings is 1. The average Bonchev–Trinajstić information content (AvgIpc) is 3.08. The van der Waals surface area contributed by atoms with Gasteiger partial charge in [-0.1, -0.05) is 23.2 Å². The number of aromatic nitrogens is 1. The first-order chi connectivity index (χ1) is 14.4. The van der Waals surface area contributed by atoms with Crippen molar-refractivity contribution in [2.45, 2.75) is 33.2 Å². The Labute approximate surface area is 189 Å². The summed E-state index contributed by atoms with van der Waals surface area (Å²) in [6.45, 7) is 5.58. The summed E-state index contributed by atoms with van der Waals surface area (Å²) in [6, 6.07) is 6.15. The molecule has 0 spiro atoms. The SMILES string of the molecule is Cc1cc(C(=O)COC(=O)CN2C(=O)NC(C)(C)C2=O)c(C)n1-c1ccc(Cl)c(Cl)c1. The highest BCUT2D eigenvalue weighted by Crippen LogP contribution is 2.28. The molecule has 0 unspecified atom stereocenters. The molecule has 0 aliphatic carbocycles. The number of hydrogen-bond acceptors (Lipinski definition) is 5. The van der Waals surface area contributed by atoms with E-state index in [2.05, 4.69) is 5.32 Å². The number of rotatable bonds is 6. The van der Waals surface area contributed by atoms with Gasteiger partial charge in [0.1, 0.15) is 12.1 Å². The van der Waals surface area contributed by atoms with Crippen LogP contribution in [0.1, 0.15) is 35.6 Å². The van der Waals surface area contributed by atoms with Gasteiger partial charge in [-0.25, -0.2) is 4.79 Å². The van der Waals surface area contributed by atoms with E-state index in [1.165, 1.54) is 13.8 Å². The molecule has 2 aromatic rings. The summed E-state index contributed by atoms with van der Waals surface area (Å²) in [5, 5.41) is 3.28. The molecule has 3 amide bonds. The number of urea groups is 1. The van der Waals surface area contributed by atoms with Gasteiger partial charge in [-0.2, -0.15) is 0 Å². The Morgan fingerprint density at radius 1 is 1.10 bits per heavy atom. The van der Waals surface area contributed by atoms with Crippen LogP contribution in [0.4, 0.5) is 4.79 Å². The fourth-order valence-corrected chi connectivity index (χ4v) is 3.72. The summed E-state index contributed by atoms with van der Waals surface area (Å²) in [7, 11) is 0.